The summed E-state index contributed by atoms with van der Waals surface area (Å²) in [4.78, 5) is 0. The van der Waals surface area contributed by atoms with Crippen molar-refractivity contribution in [3.63, 3.8) is 0 Å². The van der Waals surface area contributed by atoms with E-state index in [4.69, 9.17) is 104 Å². The summed E-state index contributed by atoms with van der Waals surface area (Å²) < 4.78 is -8.45. The van der Waals surface area contributed by atoms with Crippen molar-refractivity contribution >= 4 is 120 Å². The fourth-order valence-corrected chi connectivity index (χ4v) is 2.64. The maximum absolute atomic E-state index is 5.73. The van der Waals surface area contributed by atoms with Gasteiger partial charge in [0.15, 0.2) is 4.33 Å². The Hall–Kier alpha value is 3.09. The van der Waals surface area contributed by atoms with Crippen LogP contribution in [0, 0.1) is 0 Å². The fourth-order valence-electron chi connectivity index (χ4n) is 0.356. The van der Waals surface area contributed by atoms with Crippen LogP contribution in [0.15, 0.2) is 0 Å². The molecule has 10 heteroatoms. The van der Waals surface area contributed by atoms with Gasteiger partial charge in [0, 0.05) is 0 Å². The first kappa shape index (κ1) is 17.1. The Bertz CT molecular complexity index is 186. The van der Waals surface area contributed by atoms with Gasteiger partial charge >= 0.3 is 0 Å². The van der Waals surface area contributed by atoms with Crippen LogP contribution in [-0.4, -0.2) is 15.7 Å². The van der Waals surface area contributed by atoms with Gasteiger partial charge in [0.25, 0.3) is 0 Å². The number of rotatable bonds is 2. The lowest BCUT2D eigenvalue weighted by Crippen LogP contribution is -2.53. The van der Waals surface area contributed by atoms with Crippen molar-refractivity contribution in [1.29, 1.82) is 0 Å². The summed E-state index contributed by atoms with van der Waals surface area (Å²) in [7, 11) is 0. The second-order valence-electron chi connectivity index (χ2n) is 2.14. The summed E-state index contributed by atoms with van der Waals surface area (Å²) in [6.45, 7) is 0. The van der Waals surface area contributed by atoms with E-state index < -0.39 is 15.7 Å². The molecule has 0 heterocycles. The molecule has 14 heavy (non-hydrogen) atoms. The normalized spacial score (nSPS) is 15.9. The first-order chi connectivity index (χ1) is 5.75. The van der Waals surface area contributed by atoms with Crippen molar-refractivity contribution in [2.75, 3.05) is 0 Å². The molecule has 86 valence electrons. The Morgan fingerprint density at radius 3 is 0.929 bits per heavy atom. The van der Waals surface area contributed by atoms with Crippen molar-refractivity contribution in [3.05, 3.63) is 0 Å². The van der Waals surface area contributed by atoms with E-state index in [9.17, 15) is 0 Å². The molecule has 0 aromatic heterocycles. The average Bonchev–Trinajstić information content (AvgIpc) is 1.81. The molecule has 0 rings (SSSR count). The molecule has 0 amide bonds. The van der Waals surface area contributed by atoms with Crippen LogP contribution in [0.25, 0.3) is 0 Å². The molecule has 0 aliphatic heterocycles. The van der Waals surface area contributed by atoms with E-state index >= 15 is 0 Å². The minimum atomic E-state index is -2.22. The van der Waals surface area contributed by atoms with E-state index in [0.29, 0.717) is 0 Å². The molecular weight excluding hydrogens is 447 g/mol. The molecule has 0 unspecified atom stereocenters. The van der Waals surface area contributed by atoms with Crippen molar-refractivity contribution < 1.29 is 0 Å². The molecule has 0 N–H and O–H groups in total. The molecule has 0 aromatic carbocycles. The summed E-state index contributed by atoms with van der Waals surface area (Å²) in [6.07, 6.45) is 0. The van der Waals surface area contributed by atoms with Gasteiger partial charge in [-0.2, -0.15) is 0 Å². The molecule has 0 aromatic rings. The van der Waals surface area contributed by atoms with Crippen LogP contribution in [0.2, 0.25) is 0 Å². The third-order valence-electron chi connectivity index (χ3n) is 1.11. The molecule has 0 bridgehead atoms. The summed E-state index contributed by atoms with van der Waals surface area (Å²) in [5.41, 5.74) is 0. The second-order valence-corrected chi connectivity index (χ2v) is 10.5. The highest BCUT2D eigenvalue weighted by atomic mass is 79.9. The first-order valence-corrected chi connectivity index (χ1v) is 6.83. The molecule has 0 radical (unpaired) electrons. The van der Waals surface area contributed by atoms with Gasteiger partial charge in [-0.15, -0.1) is 0 Å². The van der Waals surface area contributed by atoms with Crippen LogP contribution in [0.5, 0.6) is 0 Å². The predicted molar refractivity (Wildman–Crippen MR) is 72.5 cm³/mol. The monoisotopic (exact) mass is 442 g/mol. The quantitative estimate of drug-likeness (QED) is 0.441. The molecule has 0 atom stereocenters. The molecule has 0 nitrogen and oxygen atoms in total. The Labute approximate surface area is 134 Å². The van der Waals surface area contributed by atoms with Gasteiger partial charge in [-0.25, -0.2) is 0 Å². The third-order valence-corrected chi connectivity index (χ3v) is 7.20. The van der Waals surface area contributed by atoms with Gasteiger partial charge in [0.05, 0.1) is 0 Å². The second kappa shape index (κ2) is 4.99. The molecule has 0 fully saturated rings. The van der Waals surface area contributed by atoms with E-state index in [1.807, 2.05) is 0 Å². The molecule has 0 saturated carbocycles. The molecule has 0 spiro atoms. The van der Waals surface area contributed by atoms with E-state index in [1.54, 1.807) is 0 Å². The SMILES string of the molecule is ClC(Cl)(Cl)C(Cl)(Cl)C(Cl)(Cl)C(Cl)(Cl)Br. The molecule has 0 aliphatic carbocycles. The fraction of sp³-hybridized carbons (Fsp3) is 1.00. The van der Waals surface area contributed by atoms with E-state index in [1.165, 1.54) is 0 Å². The van der Waals surface area contributed by atoms with E-state index in [0.717, 1.165) is 0 Å². The van der Waals surface area contributed by atoms with Gasteiger partial charge in [0.2, 0.25) is 11.4 Å². The highest BCUT2D eigenvalue weighted by Crippen LogP contribution is 2.63. The van der Waals surface area contributed by atoms with Gasteiger partial charge in [0.1, 0.15) is 0 Å². The summed E-state index contributed by atoms with van der Waals surface area (Å²) in [5, 5.41) is 0. The topological polar surface area (TPSA) is 0 Å². The number of hydrogen-bond acceptors (Lipinski definition) is 0. The van der Waals surface area contributed by atoms with Crippen LogP contribution < -0.4 is 0 Å². The van der Waals surface area contributed by atoms with Crippen LogP contribution >= 0.6 is 120 Å². The van der Waals surface area contributed by atoms with Crippen LogP contribution in [0.3, 0.4) is 0 Å². The molecule has 0 aliphatic rings. The minimum absolute atomic E-state index is 1.89. The lowest BCUT2D eigenvalue weighted by molar-refractivity contribution is 0.682. The lowest BCUT2D eigenvalue weighted by atomic mass is 10.3. The highest BCUT2D eigenvalue weighted by molar-refractivity contribution is 9.11. The average molecular weight is 447 g/mol. The van der Waals surface area contributed by atoms with Crippen LogP contribution in [-0.2, 0) is 0 Å². The summed E-state index contributed by atoms with van der Waals surface area (Å²) in [6, 6.07) is 0. The maximum atomic E-state index is 5.73. The van der Waals surface area contributed by atoms with Gasteiger partial charge in [-0.1, -0.05) is 104 Å². The Balaban J connectivity index is 5.30. The Kier molecular flexibility index (Phi) is 6.09. The highest BCUT2D eigenvalue weighted by Gasteiger charge is 2.67. The number of alkyl halides is 10. The van der Waals surface area contributed by atoms with Crippen LogP contribution in [0.1, 0.15) is 0 Å². The van der Waals surface area contributed by atoms with Crippen molar-refractivity contribution in [3.8, 4) is 0 Å². The molecule has 0 saturated heterocycles. The zero-order valence-corrected chi connectivity index (χ0v) is 14.2. The maximum Gasteiger partial charge on any atom is 0.226 e. The smallest absolute Gasteiger partial charge is 0.0937 e. The van der Waals surface area contributed by atoms with Crippen LogP contribution in [0.4, 0.5) is 0 Å². The van der Waals surface area contributed by atoms with Crippen molar-refractivity contribution in [2.24, 2.45) is 0 Å². The molecular formula is C4BrCl9. The van der Waals surface area contributed by atoms with Gasteiger partial charge in [-0.05, 0) is 15.9 Å². The van der Waals surface area contributed by atoms with Gasteiger partial charge in [-0.3, -0.25) is 0 Å². The number of hydrogen-bond donors (Lipinski definition) is 0. The lowest BCUT2D eigenvalue weighted by Gasteiger charge is -2.41. The van der Waals surface area contributed by atoms with Gasteiger partial charge < -0.3 is 0 Å². The number of halogens is 10. The van der Waals surface area contributed by atoms with E-state index in [2.05, 4.69) is 15.9 Å². The Morgan fingerprint density at radius 2 is 0.857 bits per heavy atom. The third kappa shape index (κ3) is 3.31. The van der Waals surface area contributed by atoms with Crippen molar-refractivity contribution in [1.82, 2.24) is 0 Å². The largest absolute Gasteiger partial charge is 0.226 e. The zero-order chi connectivity index (χ0) is 12.0. The zero-order valence-electron chi connectivity index (χ0n) is 5.78. The van der Waals surface area contributed by atoms with Crippen molar-refractivity contribution in [2.45, 2.75) is 15.7 Å². The standard InChI is InChI=1S/C4BrCl9/c5-3(10,11)1(6,7)2(8,9)4(12,13)14. The van der Waals surface area contributed by atoms with E-state index in [-0.39, 0.29) is 0 Å². The minimum Gasteiger partial charge on any atom is -0.0937 e. The summed E-state index contributed by atoms with van der Waals surface area (Å²) >= 11 is 53.2. The predicted octanol–water partition coefficient (Wildman–Crippen LogP) is 6.23. The first-order valence-electron chi connectivity index (χ1n) is 2.64. The Morgan fingerprint density at radius 1 is 0.571 bits per heavy atom. The summed E-state index contributed by atoms with van der Waals surface area (Å²) in [5.74, 6) is 0.